The van der Waals surface area contributed by atoms with E-state index in [-0.39, 0.29) is 25.2 Å². The number of ether oxygens (including phenoxy) is 1. The average molecular weight is 440 g/mol. The van der Waals surface area contributed by atoms with Gasteiger partial charge in [-0.05, 0) is 44.9 Å². The number of rotatable bonds is 7. The molecule has 0 amide bonds. The van der Waals surface area contributed by atoms with Gasteiger partial charge in [-0.1, -0.05) is 28.1 Å². The van der Waals surface area contributed by atoms with Crippen LogP contribution in [0.3, 0.4) is 0 Å². The van der Waals surface area contributed by atoms with E-state index in [1.54, 1.807) is 31.2 Å². The number of benzene rings is 1. The van der Waals surface area contributed by atoms with E-state index in [1.165, 1.54) is 13.8 Å². The van der Waals surface area contributed by atoms with Crippen molar-refractivity contribution in [2.45, 2.75) is 45.6 Å². The van der Waals surface area contributed by atoms with E-state index in [0.29, 0.717) is 5.56 Å². The van der Waals surface area contributed by atoms with Crippen molar-refractivity contribution in [1.82, 2.24) is 0 Å². The van der Waals surface area contributed by atoms with Gasteiger partial charge < -0.3 is 9.53 Å². The third-order valence-corrected chi connectivity index (χ3v) is 5.76. The normalized spacial score (nSPS) is 27.2. The van der Waals surface area contributed by atoms with Crippen LogP contribution in [0.5, 0.6) is 0 Å². The predicted molar refractivity (Wildman–Crippen MR) is 101 cm³/mol. The third-order valence-electron chi connectivity index (χ3n) is 5.23. The number of hydrogen-bond donors (Lipinski definition) is 0. The number of Topliss-reactive ketones (excluding diaryl/α,β-unsaturated/α-hetero) is 2. The number of hydrogen-bond acceptors (Lipinski definition) is 6. The Balaban J connectivity index is 2.70. The van der Waals surface area contributed by atoms with Crippen molar-refractivity contribution in [3.63, 3.8) is 0 Å². The fourth-order valence-electron chi connectivity index (χ4n) is 4.21. The van der Waals surface area contributed by atoms with Crippen LogP contribution in [-0.4, -0.2) is 35.1 Å². The SMILES string of the molecule is CCOC(=O)[C@]1(C(C)=O)C[C@@H](CC(C)=O)[C@@H]([N+](=O)[O-])[C@@H]1c1ccc(Br)cc1. The molecule has 1 aliphatic rings. The average Bonchev–Trinajstić information content (AvgIpc) is 2.91. The zero-order chi connectivity index (χ0) is 20.4. The number of halogens is 1. The minimum Gasteiger partial charge on any atom is -0.465 e. The van der Waals surface area contributed by atoms with Crippen LogP contribution in [-0.2, 0) is 19.1 Å². The Morgan fingerprint density at radius 3 is 2.30 bits per heavy atom. The summed E-state index contributed by atoms with van der Waals surface area (Å²) >= 11 is 3.32. The molecule has 27 heavy (non-hydrogen) atoms. The fraction of sp³-hybridized carbons (Fsp3) is 0.526. The second kappa shape index (κ2) is 8.29. The molecule has 7 nitrogen and oxygen atoms in total. The summed E-state index contributed by atoms with van der Waals surface area (Å²) in [5.74, 6) is -3.18. The van der Waals surface area contributed by atoms with Crippen molar-refractivity contribution in [1.29, 1.82) is 0 Å². The molecule has 2 rings (SSSR count). The Bertz CT molecular complexity index is 762. The Kier molecular flexibility index (Phi) is 6.51. The Morgan fingerprint density at radius 1 is 1.26 bits per heavy atom. The maximum absolute atomic E-state index is 12.9. The molecule has 0 aliphatic heterocycles. The highest BCUT2D eigenvalue weighted by atomic mass is 79.9. The standard InChI is InChI=1S/C19H22BrNO6/c1-4-27-18(24)19(12(3)23)10-14(9-11(2)22)17(21(25)26)16(19)13-5-7-15(20)8-6-13/h5-8,14,16-17H,4,9-10H2,1-3H3/t14-,16+,17-,19+/m1/s1. The number of carbonyl (C=O) groups is 3. The van der Waals surface area contributed by atoms with Gasteiger partial charge in [-0.15, -0.1) is 0 Å². The van der Waals surface area contributed by atoms with E-state index in [4.69, 9.17) is 4.74 Å². The van der Waals surface area contributed by atoms with Gasteiger partial charge in [-0.25, -0.2) is 0 Å². The molecule has 0 saturated heterocycles. The predicted octanol–water partition coefficient (Wildman–Crippen LogP) is 3.32. The van der Waals surface area contributed by atoms with Gasteiger partial charge in [0.25, 0.3) is 0 Å². The van der Waals surface area contributed by atoms with Crippen LogP contribution < -0.4 is 0 Å². The molecule has 0 radical (unpaired) electrons. The van der Waals surface area contributed by atoms with E-state index < -0.39 is 40.0 Å². The van der Waals surface area contributed by atoms with E-state index in [1.807, 2.05) is 0 Å². The molecular weight excluding hydrogens is 418 g/mol. The largest absolute Gasteiger partial charge is 0.465 e. The molecule has 1 aliphatic carbocycles. The molecule has 0 N–H and O–H groups in total. The van der Waals surface area contributed by atoms with Crippen LogP contribution in [0, 0.1) is 21.4 Å². The highest BCUT2D eigenvalue weighted by Gasteiger charge is 2.66. The summed E-state index contributed by atoms with van der Waals surface area (Å²) in [4.78, 5) is 48.8. The fourth-order valence-corrected chi connectivity index (χ4v) is 4.47. The Labute approximate surface area is 165 Å². The highest BCUT2D eigenvalue weighted by molar-refractivity contribution is 9.10. The van der Waals surface area contributed by atoms with Gasteiger partial charge in [0.15, 0.2) is 0 Å². The lowest BCUT2D eigenvalue weighted by Gasteiger charge is -2.30. The molecule has 1 aromatic rings. The third kappa shape index (κ3) is 3.95. The molecule has 0 heterocycles. The maximum atomic E-state index is 12.9. The van der Waals surface area contributed by atoms with Gasteiger partial charge in [0.05, 0.1) is 12.5 Å². The molecular formula is C19H22BrNO6. The van der Waals surface area contributed by atoms with Crippen LogP contribution in [0.15, 0.2) is 28.7 Å². The molecule has 1 aromatic carbocycles. The summed E-state index contributed by atoms with van der Waals surface area (Å²) in [7, 11) is 0. The van der Waals surface area contributed by atoms with Crippen molar-refractivity contribution in [2.75, 3.05) is 6.61 Å². The molecule has 1 fully saturated rings. The minimum atomic E-state index is -1.68. The summed E-state index contributed by atoms with van der Waals surface area (Å²) in [6.45, 7) is 4.29. The summed E-state index contributed by atoms with van der Waals surface area (Å²) < 4.78 is 5.94. The first kappa shape index (κ1) is 21.2. The number of ketones is 2. The second-order valence-corrected chi connectivity index (χ2v) is 7.84. The van der Waals surface area contributed by atoms with Gasteiger partial charge in [0.1, 0.15) is 17.0 Å². The van der Waals surface area contributed by atoms with Crippen LogP contribution in [0.4, 0.5) is 0 Å². The summed E-state index contributed by atoms with van der Waals surface area (Å²) in [5, 5.41) is 12.0. The zero-order valence-electron chi connectivity index (χ0n) is 15.4. The molecule has 8 heteroatoms. The van der Waals surface area contributed by atoms with E-state index >= 15 is 0 Å². The van der Waals surface area contributed by atoms with Crippen LogP contribution >= 0.6 is 15.9 Å². The second-order valence-electron chi connectivity index (χ2n) is 6.92. The summed E-state index contributed by atoms with van der Waals surface area (Å²) in [5.41, 5.74) is -1.17. The molecule has 146 valence electrons. The smallest absolute Gasteiger partial charge is 0.320 e. The van der Waals surface area contributed by atoms with Crippen molar-refractivity contribution >= 4 is 33.5 Å². The number of carbonyl (C=O) groups excluding carboxylic acids is 3. The first-order valence-corrected chi connectivity index (χ1v) is 9.51. The van der Waals surface area contributed by atoms with Crippen molar-refractivity contribution in [2.24, 2.45) is 11.3 Å². The van der Waals surface area contributed by atoms with Crippen molar-refractivity contribution < 1.29 is 24.0 Å². The van der Waals surface area contributed by atoms with Gasteiger partial charge in [-0.3, -0.25) is 19.7 Å². The lowest BCUT2D eigenvalue weighted by molar-refractivity contribution is -0.532. The van der Waals surface area contributed by atoms with E-state index in [9.17, 15) is 24.5 Å². The Hall–Kier alpha value is -2.09. The zero-order valence-corrected chi connectivity index (χ0v) is 17.0. The number of esters is 1. The van der Waals surface area contributed by atoms with Gasteiger partial charge in [0.2, 0.25) is 6.04 Å². The molecule has 0 unspecified atom stereocenters. The number of nitro groups is 1. The molecule has 0 bridgehead atoms. The first-order valence-electron chi connectivity index (χ1n) is 8.71. The van der Waals surface area contributed by atoms with Crippen LogP contribution in [0.25, 0.3) is 0 Å². The maximum Gasteiger partial charge on any atom is 0.320 e. The van der Waals surface area contributed by atoms with Crippen molar-refractivity contribution in [3.05, 3.63) is 44.4 Å². The first-order chi connectivity index (χ1) is 12.6. The van der Waals surface area contributed by atoms with Crippen molar-refractivity contribution in [3.8, 4) is 0 Å². The van der Waals surface area contributed by atoms with Gasteiger partial charge >= 0.3 is 5.97 Å². The topological polar surface area (TPSA) is 104 Å². The number of nitrogens with zero attached hydrogens (tertiary/aromatic N) is 1. The minimum absolute atomic E-state index is 0.0570. The van der Waals surface area contributed by atoms with E-state index in [2.05, 4.69) is 15.9 Å². The molecule has 1 saturated carbocycles. The summed E-state index contributed by atoms with van der Waals surface area (Å²) in [6, 6.07) is 5.52. The lowest BCUT2D eigenvalue weighted by Crippen LogP contribution is -2.44. The molecule has 0 spiro atoms. The Morgan fingerprint density at radius 2 is 1.85 bits per heavy atom. The monoisotopic (exact) mass is 439 g/mol. The summed E-state index contributed by atoms with van der Waals surface area (Å²) in [6.07, 6.45) is -0.139. The molecule has 0 aromatic heterocycles. The van der Waals surface area contributed by atoms with E-state index in [0.717, 1.165) is 4.47 Å². The van der Waals surface area contributed by atoms with Crippen LogP contribution in [0.2, 0.25) is 0 Å². The quantitative estimate of drug-likeness (QED) is 0.279. The highest BCUT2D eigenvalue weighted by Crippen LogP contribution is 2.55. The lowest BCUT2D eigenvalue weighted by atomic mass is 9.70. The molecule has 4 atom stereocenters. The van der Waals surface area contributed by atoms with Gasteiger partial charge in [0, 0.05) is 21.7 Å². The van der Waals surface area contributed by atoms with Crippen LogP contribution in [0.1, 0.15) is 45.1 Å². The van der Waals surface area contributed by atoms with Gasteiger partial charge in [-0.2, -0.15) is 0 Å².